The molecule has 0 aliphatic carbocycles. The number of anilines is 1. The molecule has 2 aromatic rings. The zero-order valence-electron chi connectivity index (χ0n) is 12.4. The normalized spacial score (nSPS) is 15.7. The van der Waals surface area contributed by atoms with Gasteiger partial charge < -0.3 is 9.80 Å². The lowest BCUT2D eigenvalue weighted by molar-refractivity contribution is 0.0754. The average Bonchev–Trinajstić information content (AvgIpc) is 2.81. The van der Waals surface area contributed by atoms with Gasteiger partial charge in [-0.05, 0) is 18.6 Å². The Balaban J connectivity index is 1.70. The Bertz CT molecular complexity index is 671. The lowest BCUT2D eigenvalue weighted by Gasteiger charge is -2.23. The molecule has 0 spiro atoms. The number of hydrogen-bond donors (Lipinski definition) is 0. The van der Waals surface area contributed by atoms with E-state index in [4.69, 9.17) is 0 Å². The molecular weight excluding hydrogens is 285 g/mol. The Morgan fingerprint density at radius 1 is 1.18 bits per heavy atom. The van der Waals surface area contributed by atoms with E-state index >= 15 is 0 Å². The van der Waals surface area contributed by atoms with Gasteiger partial charge in [0.2, 0.25) is 5.82 Å². The monoisotopic (exact) mass is 303 g/mol. The van der Waals surface area contributed by atoms with Gasteiger partial charge in [0, 0.05) is 33.2 Å². The minimum Gasteiger partial charge on any atom is -0.367 e. The van der Waals surface area contributed by atoms with E-state index in [1.807, 2.05) is 11.0 Å². The highest BCUT2D eigenvalue weighted by Gasteiger charge is 2.23. The molecular formula is C15H18FN5O. The molecule has 1 aromatic carbocycles. The Kier molecular flexibility index (Phi) is 4.04. The van der Waals surface area contributed by atoms with Crippen molar-refractivity contribution in [3.05, 3.63) is 42.2 Å². The minimum absolute atomic E-state index is 0.170. The Hall–Kier alpha value is -2.44. The van der Waals surface area contributed by atoms with Crippen LogP contribution in [0.3, 0.4) is 0 Å². The Morgan fingerprint density at radius 3 is 2.73 bits per heavy atom. The summed E-state index contributed by atoms with van der Waals surface area (Å²) in [5.41, 5.74) is 0.591. The van der Waals surface area contributed by atoms with Crippen molar-refractivity contribution in [3.8, 4) is 0 Å². The molecule has 2 heterocycles. The van der Waals surface area contributed by atoms with E-state index in [0.717, 1.165) is 13.0 Å². The van der Waals surface area contributed by atoms with Crippen molar-refractivity contribution in [3.63, 3.8) is 0 Å². The van der Waals surface area contributed by atoms with Crippen LogP contribution in [0.25, 0.3) is 0 Å². The summed E-state index contributed by atoms with van der Waals surface area (Å²) in [6.45, 7) is 2.48. The lowest BCUT2D eigenvalue weighted by atomic mass is 10.2. The first-order chi connectivity index (χ1) is 10.6. The zero-order chi connectivity index (χ0) is 15.5. The first-order valence-corrected chi connectivity index (χ1v) is 7.29. The third-order valence-electron chi connectivity index (χ3n) is 3.77. The maximum absolute atomic E-state index is 13.9. The number of aromatic nitrogens is 3. The van der Waals surface area contributed by atoms with E-state index in [1.54, 1.807) is 24.1 Å². The maximum atomic E-state index is 13.9. The molecule has 116 valence electrons. The number of nitrogens with zero attached hydrogens (tertiary/aromatic N) is 5. The van der Waals surface area contributed by atoms with Gasteiger partial charge in [0.1, 0.15) is 12.1 Å². The summed E-state index contributed by atoms with van der Waals surface area (Å²) in [5, 5.41) is 4.05. The van der Waals surface area contributed by atoms with E-state index in [0.29, 0.717) is 25.3 Å². The van der Waals surface area contributed by atoms with Crippen molar-refractivity contribution in [1.82, 2.24) is 19.7 Å². The number of carbonyl (C=O) groups excluding carboxylic acids is 1. The van der Waals surface area contributed by atoms with E-state index < -0.39 is 0 Å². The smallest absolute Gasteiger partial charge is 0.293 e. The number of halogens is 1. The van der Waals surface area contributed by atoms with Gasteiger partial charge in [0.25, 0.3) is 5.91 Å². The Morgan fingerprint density at radius 2 is 2.00 bits per heavy atom. The van der Waals surface area contributed by atoms with Crippen LogP contribution in [0.1, 0.15) is 17.0 Å². The maximum Gasteiger partial charge on any atom is 0.293 e. The number of benzene rings is 1. The third-order valence-corrected chi connectivity index (χ3v) is 3.77. The second kappa shape index (κ2) is 6.13. The number of rotatable bonds is 2. The molecule has 3 rings (SSSR count). The number of aryl methyl sites for hydroxylation is 1. The van der Waals surface area contributed by atoms with Crippen molar-refractivity contribution in [1.29, 1.82) is 0 Å². The van der Waals surface area contributed by atoms with E-state index in [1.165, 1.54) is 17.1 Å². The number of para-hydroxylation sites is 1. The number of hydrogen-bond acceptors (Lipinski definition) is 4. The van der Waals surface area contributed by atoms with Crippen LogP contribution >= 0.6 is 0 Å². The van der Waals surface area contributed by atoms with Crippen LogP contribution in [0.5, 0.6) is 0 Å². The van der Waals surface area contributed by atoms with Crippen molar-refractivity contribution in [2.75, 3.05) is 31.1 Å². The predicted octanol–water partition coefficient (Wildman–Crippen LogP) is 1.31. The Labute approximate surface area is 128 Å². The van der Waals surface area contributed by atoms with Crippen LogP contribution in [0, 0.1) is 5.82 Å². The van der Waals surface area contributed by atoms with Gasteiger partial charge >= 0.3 is 0 Å². The average molecular weight is 303 g/mol. The van der Waals surface area contributed by atoms with Gasteiger partial charge in [-0.15, -0.1) is 5.10 Å². The van der Waals surface area contributed by atoms with Crippen molar-refractivity contribution < 1.29 is 9.18 Å². The first-order valence-electron chi connectivity index (χ1n) is 7.29. The number of carbonyl (C=O) groups is 1. The predicted molar refractivity (Wildman–Crippen MR) is 80.1 cm³/mol. The molecule has 1 fully saturated rings. The molecule has 0 N–H and O–H groups in total. The fourth-order valence-electron chi connectivity index (χ4n) is 2.65. The third kappa shape index (κ3) is 2.93. The molecule has 22 heavy (non-hydrogen) atoms. The van der Waals surface area contributed by atoms with Crippen LogP contribution in [-0.4, -0.2) is 51.8 Å². The van der Waals surface area contributed by atoms with Crippen LogP contribution in [0.2, 0.25) is 0 Å². The fraction of sp³-hybridized carbons (Fsp3) is 0.400. The molecule has 1 amide bonds. The van der Waals surface area contributed by atoms with Gasteiger partial charge in [-0.2, -0.15) is 0 Å². The summed E-state index contributed by atoms with van der Waals surface area (Å²) in [7, 11) is 1.73. The van der Waals surface area contributed by atoms with E-state index in [-0.39, 0.29) is 17.5 Å². The zero-order valence-corrected chi connectivity index (χ0v) is 12.4. The molecule has 0 atom stereocenters. The summed E-state index contributed by atoms with van der Waals surface area (Å²) in [5.74, 6) is -0.188. The molecule has 1 aliphatic rings. The molecule has 1 aliphatic heterocycles. The van der Waals surface area contributed by atoms with Gasteiger partial charge in [0.15, 0.2) is 0 Å². The molecule has 7 heteroatoms. The van der Waals surface area contributed by atoms with Gasteiger partial charge in [-0.3, -0.25) is 9.48 Å². The van der Waals surface area contributed by atoms with Gasteiger partial charge in [0.05, 0.1) is 5.69 Å². The first kappa shape index (κ1) is 14.5. The van der Waals surface area contributed by atoms with Crippen LogP contribution in [0.4, 0.5) is 10.1 Å². The van der Waals surface area contributed by atoms with Crippen LogP contribution in [-0.2, 0) is 7.05 Å². The standard InChI is InChI=1S/C15H18FN5O/c1-19-11-17-14(18-19)15(22)21-8-4-7-20(9-10-21)13-6-3-2-5-12(13)16/h2-3,5-6,11H,4,7-10H2,1H3. The highest BCUT2D eigenvalue weighted by Crippen LogP contribution is 2.20. The molecule has 6 nitrogen and oxygen atoms in total. The van der Waals surface area contributed by atoms with Gasteiger partial charge in [-0.1, -0.05) is 12.1 Å². The summed E-state index contributed by atoms with van der Waals surface area (Å²) in [4.78, 5) is 20.1. The SMILES string of the molecule is Cn1cnc(C(=O)N2CCCN(c3ccccc3F)CC2)n1. The highest BCUT2D eigenvalue weighted by atomic mass is 19.1. The molecule has 0 unspecified atom stereocenters. The molecule has 0 radical (unpaired) electrons. The number of amides is 1. The van der Waals surface area contributed by atoms with Crippen molar-refractivity contribution in [2.24, 2.45) is 7.05 Å². The molecule has 0 bridgehead atoms. The molecule has 1 aromatic heterocycles. The quantitative estimate of drug-likeness (QED) is 0.839. The van der Waals surface area contributed by atoms with E-state index in [2.05, 4.69) is 10.1 Å². The van der Waals surface area contributed by atoms with Crippen molar-refractivity contribution in [2.45, 2.75) is 6.42 Å². The van der Waals surface area contributed by atoms with Gasteiger partial charge in [-0.25, -0.2) is 9.37 Å². The summed E-state index contributed by atoms with van der Waals surface area (Å²) in [6, 6.07) is 6.73. The molecule has 0 saturated carbocycles. The largest absolute Gasteiger partial charge is 0.367 e. The van der Waals surface area contributed by atoms with Crippen molar-refractivity contribution >= 4 is 11.6 Å². The minimum atomic E-state index is -0.228. The lowest BCUT2D eigenvalue weighted by Crippen LogP contribution is -2.36. The fourth-order valence-corrected chi connectivity index (χ4v) is 2.65. The topological polar surface area (TPSA) is 54.3 Å². The summed E-state index contributed by atoms with van der Waals surface area (Å²) in [6.07, 6.45) is 2.30. The second-order valence-electron chi connectivity index (χ2n) is 5.33. The second-order valence-corrected chi connectivity index (χ2v) is 5.33. The van der Waals surface area contributed by atoms with Crippen LogP contribution < -0.4 is 4.90 Å². The molecule has 1 saturated heterocycles. The summed E-state index contributed by atoms with van der Waals surface area (Å²) >= 11 is 0. The van der Waals surface area contributed by atoms with Crippen LogP contribution in [0.15, 0.2) is 30.6 Å². The summed E-state index contributed by atoms with van der Waals surface area (Å²) < 4.78 is 15.4. The van der Waals surface area contributed by atoms with E-state index in [9.17, 15) is 9.18 Å². The highest BCUT2D eigenvalue weighted by molar-refractivity contribution is 5.90.